The third-order valence-electron chi connectivity index (χ3n) is 4.38. The highest BCUT2D eigenvalue weighted by atomic mass is 35.5. The van der Waals surface area contributed by atoms with Crippen LogP contribution in [-0.2, 0) is 0 Å². The number of rotatable bonds is 5. The number of amides is 2. The Balaban J connectivity index is 1.51. The summed E-state index contributed by atoms with van der Waals surface area (Å²) in [5.41, 5.74) is 2.64. The second-order valence-electron chi connectivity index (χ2n) is 6.47. The standard InChI is InChI=1S/C23H17ClN4O2/c24-18-9-6-10-19(13-18)28-15-17(14-25-28)23(30)27-21-12-5-4-11-20(21)26-22(29)16-7-2-1-3-8-16/h1-15H,(H,26,29)(H,27,30). The Hall–Kier alpha value is -3.90. The largest absolute Gasteiger partial charge is 0.320 e. The molecule has 0 aliphatic carbocycles. The van der Waals surface area contributed by atoms with Crippen LogP contribution in [0, 0.1) is 0 Å². The van der Waals surface area contributed by atoms with Crippen molar-refractivity contribution < 1.29 is 9.59 Å². The first-order chi connectivity index (χ1) is 14.6. The molecule has 0 unspecified atom stereocenters. The predicted octanol–water partition coefficient (Wildman–Crippen LogP) is 5.03. The van der Waals surface area contributed by atoms with Gasteiger partial charge in [0.25, 0.3) is 11.8 Å². The van der Waals surface area contributed by atoms with Gasteiger partial charge in [0.15, 0.2) is 0 Å². The number of nitrogens with one attached hydrogen (secondary N) is 2. The number of benzene rings is 3. The van der Waals surface area contributed by atoms with Crippen molar-refractivity contribution in [3.05, 3.63) is 107 Å². The number of hydrogen-bond donors (Lipinski definition) is 2. The number of aromatic nitrogens is 2. The van der Waals surface area contributed by atoms with E-state index in [0.717, 1.165) is 5.69 Å². The molecule has 0 saturated heterocycles. The molecular formula is C23H17ClN4O2. The highest BCUT2D eigenvalue weighted by Gasteiger charge is 2.14. The van der Waals surface area contributed by atoms with E-state index in [1.165, 1.54) is 6.20 Å². The van der Waals surface area contributed by atoms with Crippen LogP contribution in [0.4, 0.5) is 11.4 Å². The van der Waals surface area contributed by atoms with Gasteiger partial charge in [0.05, 0.1) is 28.8 Å². The lowest BCUT2D eigenvalue weighted by Gasteiger charge is -2.12. The van der Waals surface area contributed by atoms with Crippen molar-refractivity contribution in [3.63, 3.8) is 0 Å². The second kappa shape index (κ2) is 8.63. The van der Waals surface area contributed by atoms with Gasteiger partial charge in [-0.05, 0) is 42.5 Å². The molecule has 3 aromatic carbocycles. The highest BCUT2D eigenvalue weighted by Crippen LogP contribution is 2.23. The molecule has 2 amide bonds. The molecule has 0 atom stereocenters. The van der Waals surface area contributed by atoms with Crippen molar-refractivity contribution in [3.8, 4) is 5.69 Å². The van der Waals surface area contributed by atoms with Crippen molar-refractivity contribution in [2.45, 2.75) is 0 Å². The summed E-state index contributed by atoms with van der Waals surface area (Å²) in [5, 5.41) is 10.5. The van der Waals surface area contributed by atoms with E-state index in [2.05, 4.69) is 15.7 Å². The summed E-state index contributed by atoms with van der Waals surface area (Å²) in [6.07, 6.45) is 3.09. The van der Waals surface area contributed by atoms with Crippen LogP contribution in [0.2, 0.25) is 5.02 Å². The van der Waals surface area contributed by atoms with E-state index in [1.54, 1.807) is 71.5 Å². The summed E-state index contributed by atoms with van der Waals surface area (Å²) in [6, 6.07) is 23.1. The average molecular weight is 417 g/mol. The van der Waals surface area contributed by atoms with Gasteiger partial charge in [-0.1, -0.05) is 48.0 Å². The fourth-order valence-corrected chi connectivity index (χ4v) is 3.06. The highest BCUT2D eigenvalue weighted by molar-refractivity contribution is 6.30. The lowest BCUT2D eigenvalue weighted by atomic mass is 10.2. The lowest BCUT2D eigenvalue weighted by Crippen LogP contribution is -2.16. The van der Waals surface area contributed by atoms with Crippen LogP contribution in [0.15, 0.2) is 91.3 Å². The zero-order chi connectivity index (χ0) is 20.9. The Morgan fingerprint density at radius 1 is 0.767 bits per heavy atom. The predicted molar refractivity (Wildman–Crippen MR) is 117 cm³/mol. The monoisotopic (exact) mass is 416 g/mol. The van der Waals surface area contributed by atoms with Gasteiger partial charge in [-0.25, -0.2) is 4.68 Å². The number of para-hydroxylation sites is 2. The molecule has 1 aromatic heterocycles. The minimum Gasteiger partial charge on any atom is -0.320 e. The number of hydrogen-bond acceptors (Lipinski definition) is 3. The summed E-state index contributed by atoms with van der Waals surface area (Å²) < 4.78 is 1.57. The van der Waals surface area contributed by atoms with Crippen molar-refractivity contribution >= 4 is 34.8 Å². The van der Waals surface area contributed by atoms with E-state index in [-0.39, 0.29) is 11.8 Å². The van der Waals surface area contributed by atoms with Crippen LogP contribution in [0.1, 0.15) is 20.7 Å². The maximum absolute atomic E-state index is 12.7. The zero-order valence-electron chi connectivity index (χ0n) is 15.7. The van der Waals surface area contributed by atoms with Gasteiger partial charge in [-0.15, -0.1) is 0 Å². The Kier molecular flexibility index (Phi) is 5.59. The van der Waals surface area contributed by atoms with Crippen molar-refractivity contribution in [1.29, 1.82) is 0 Å². The minimum atomic E-state index is -0.343. The van der Waals surface area contributed by atoms with Crippen LogP contribution in [0.5, 0.6) is 0 Å². The van der Waals surface area contributed by atoms with E-state index in [4.69, 9.17) is 11.6 Å². The molecule has 148 valence electrons. The maximum Gasteiger partial charge on any atom is 0.258 e. The Labute approximate surface area is 178 Å². The normalized spacial score (nSPS) is 10.4. The molecule has 30 heavy (non-hydrogen) atoms. The summed E-state index contributed by atoms with van der Waals surface area (Å²) >= 11 is 6.02. The molecule has 4 aromatic rings. The van der Waals surface area contributed by atoms with Gasteiger partial charge in [0.1, 0.15) is 0 Å². The average Bonchev–Trinajstić information content (AvgIpc) is 3.26. The quantitative estimate of drug-likeness (QED) is 0.479. The van der Waals surface area contributed by atoms with Gasteiger partial charge in [-0.3, -0.25) is 9.59 Å². The lowest BCUT2D eigenvalue weighted by molar-refractivity contribution is 0.101. The van der Waals surface area contributed by atoms with E-state index >= 15 is 0 Å². The van der Waals surface area contributed by atoms with Crippen LogP contribution in [0.3, 0.4) is 0 Å². The van der Waals surface area contributed by atoms with E-state index in [0.29, 0.717) is 27.5 Å². The van der Waals surface area contributed by atoms with Gasteiger partial charge in [-0.2, -0.15) is 5.10 Å². The topological polar surface area (TPSA) is 76.0 Å². The first-order valence-corrected chi connectivity index (χ1v) is 9.55. The summed E-state index contributed by atoms with van der Waals surface area (Å²) in [7, 11) is 0. The van der Waals surface area contributed by atoms with Gasteiger partial charge in [0.2, 0.25) is 0 Å². The molecule has 7 heteroatoms. The molecule has 2 N–H and O–H groups in total. The fourth-order valence-electron chi connectivity index (χ4n) is 2.88. The van der Waals surface area contributed by atoms with Gasteiger partial charge in [0, 0.05) is 16.8 Å². The summed E-state index contributed by atoms with van der Waals surface area (Å²) in [4.78, 5) is 25.2. The summed E-state index contributed by atoms with van der Waals surface area (Å²) in [5.74, 6) is -0.601. The first-order valence-electron chi connectivity index (χ1n) is 9.17. The maximum atomic E-state index is 12.7. The molecule has 6 nitrogen and oxygen atoms in total. The second-order valence-corrected chi connectivity index (χ2v) is 6.91. The zero-order valence-corrected chi connectivity index (χ0v) is 16.5. The number of nitrogens with zero attached hydrogens (tertiary/aromatic N) is 2. The van der Waals surface area contributed by atoms with Crippen LogP contribution in [0.25, 0.3) is 5.69 Å². The molecule has 0 aliphatic rings. The molecular weight excluding hydrogens is 400 g/mol. The van der Waals surface area contributed by atoms with E-state index in [1.807, 2.05) is 18.2 Å². The SMILES string of the molecule is O=C(Nc1ccccc1NC(=O)c1cnn(-c2cccc(Cl)c2)c1)c1ccccc1. The van der Waals surface area contributed by atoms with Crippen LogP contribution < -0.4 is 10.6 Å². The number of carbonyl (C=O) groups excluding carboxylic acids is 2. The number of halogens is 1. The molecule has 0 saturated carbocycles. The van der Waals surface area contributed by atoms with Crippen molar-refractivity contribution in [1.82, 2.24) is 9.78 Å². The molecule has 0 spiro atoms. The van der Waals surface area contributed by atoms with E-state index < -0.39 is 0 Å². The first kappa shape index (κ1) is 19.4. The van der Waals surface area contributed by atoms with Gasteiger partial charge >= 0.3 is 0 Å². The molecule has 1 heterocycles. The summed E-state index contributed by atoms with van der Waals surface area (Å²) in [6.45, 7) is 0. The fraction of sp³-hybridized carbons (Fsp3) is 0. The molecule has 0 radical (unpaired) electrons. The molecule has 4 rings (SSSR count). The minimum absolute atomic E-state index is 0.258. The number of carbonyl (C=O) groups is 2. The van der Waals surface area contributed by atoms with Gasteiger partial charge < -0.3 is 10.6 Å². The smallest absolute Gasteiger partial charge is 0.258 e. The third kappa shape index (κ3) is 4.39. The van der Waals surface area contributed by atoms with E-state index in [9.17, 15) is 9.59 Å². The molecule has 0 bridgehead atoms. The third-order valence-corrected chi connectivity index (χ3v) is 4.61. The molecule has 0 fully saturated rings. The number of anilines is 2. The molecule has 0 aliphatic heterocycles. The Morgan fingerprint density at radius 3 is 2.07 bits per heavy atom. The Morgan fingerprint density at radius 2 is 1.40 bits per heavy atom. The van der Waals surface area contributed by atoms with Crippen LogP contribution >= 0.6 is 11.6 Å². The van der Waals surface area contributed by atoms with Crippen molar-refractivity contribution in [2.24, 2.45) is 0 Å². The van der Waals surface area contributed by atoms with Crippen LogP contribution in [-0.4, -0.2) is 21.6 Å². The van der Waals surface area contributed by atoms with Crippen molar-refractivity contribution in [2.75, 3.05) is 10.6 Å². The Bertz CT molecular complexity index is 1200.